The molecule has 0 radical (unpaired) electrons. The summed E-state index contributed by atoms with van der Waals surface area (Å²) in [6, 6.07) is 13.8. The normalized spacial score (nSPS) is 12.2. The highest BCUT2D eigenvalue weighted by Crippen LogP contribution is 2.32. The number of halogens is 3. The van der Waals surface area contributed by atoms with Gasteiger partial charge in [0.1, 0.15) is 17.7 Å². The summed E-state index contributed by atoms with van der Waals surface area (Å²) in [7, 11) is 3.05. The van der Waals surface area contributed by atoms with Gasteiger partial charge in [0, 0.05) is 5.69 Å². The Morgan fingerprint density at radius 3 is 2.20 bits per heavy atom. The molecule has 0 saturated carbocycles. The number of para-hydroxylation sites is 1. The molecule has 134 valence electrons. The van der Waals surface area contributed by atoms with E-state index in [4.69, 9.17) is 44.3 Å². The molecule has 1 amide bonds. The fraction of sp³-hybridized carbons (Fsp3) is 0.235. The summed E-state index contributed by atoms with van der Waals surface area (Å²) in [4.78, 5) is 12.5. The lowest BCUT2D eigenvalue weighted by atomic mass is 10.2. The van der Waals surface area contributed by atoms with E-state index in [0.29, 0.717) is 22.7 Å². The van der Waals surface area contributed by atoms with Gasteiger partial charge in [-0.15, -0.1) is 0 Å². The van der Waals surface area contributed by atoms with Crippen molar-refractivity contribution in [3.8, 4) is 11.5 Å². The molecule has 0 spiro atoms. The lowest BCUT2D eigenvalue weighted by molar-refractivity contribution is 0.0939. The van der Waals surface area contributed by atoms with Gasteiger partial charge in [-0.3, -0.25) is 4.79 Å². The van der Waals surface area contributed by atoms with Gasteiger partial charge in [-0.25, -0.2) is 0 Å². The van der Waals surface area contributed by atoms with Crippen LogP contribution in [0.1, 0.15) is 10.4 Å². The smallest absolute Gasteiger partial charge is 0.256 e. The SMILES string of the molecule is COc1ccc(NC(NC(=O)c2ccccc2OC)C(Cl)(Cl)Cl)cc1. The van der Waals surface area contributed by atoms with E-state index < -0.39 is 15.9 Å². The number of rotatable bonds is 6. The zero-order valence-corrected chi connectivity index (χ0v) is 15.8. The number of ether oxygens (including phenoxy) is 2. The molecule has 0 fully saturated rings. The Morgan fingerprint density at radius 1 is 1.00 bits per heavy atom. The van der Waals surface area contributed by atoms with Crippen molar-refractivity contribution in [2.45, 2.75) is 9.96 Å². The number of hydrogen-bond acceptors (Lipinski definition) is 4. The van der Waals surface area contributed by atoms with E-state index in [-0.39, 0.29) is 0 Å². The summed E-state index contributed by atoms with van der Waals surface area (Å²) in [6.45, 7) is 0. The van der Waals surface area contributed by atoms with Crippen LogP contribution >= 0.6 is 34.8 Å². The van der Waals surface area contributed by atoms with Crippen LogP contribution in [0.25, 0.3) is 0 Å². The van der Waals surface area contributed by atoms with Gasteiger partial charge in [-0.1, -0.05) is 46.9 Å². The second-order valence-corrected chi connectivity index (χ2v) is 7.39. The molecule has 8 heteroatoms. The Labute approximate surface area is 161 Å². The van der Waals surface area contributed by atoms with Gasteiger partial charge >= 0.3 is 0 Å². The second-order valence-electron chi connectivity index (χ2n) is 5.02. The van der Waals surface area contributed by atoms with Crippen LogP contribution in [0.3, 0.4) is 0 Å². The Morgan fingerprint density at radius 2 is 1.64 bits per heavy atom. The van der Waals surface area contributed by atoms with E-state index >= 15 is 0 Å². The minimum Gasteiger partial charge on any atom is -0.497 e. The first kappa shape index (κ1) is 19.5. The van der Waals surface area contributed by atoms with Crippen LogP contribution in [0, 0.1) is 0 Å². The Balaban J connectivity index is 2.18. The third-order valence-electron chi connectivity index (χ3n) is 3.36. The minimum absolute atomic E-state index is 0.334. The summed E-state index contributed by atoms with van der Waals surface area (Å²) in [5.74, 6) is 0.677. The lowest BCUT2D eigenvalue weighted by Crippen LogP contribution is -2.49. The molecule has 0 aliphatic carbocycles. The molecule has 2 rings (SSSR count). The number of alkyl halides is 3. The van der Waals surface area contributed by atoms with Crippen molar-refractivity contribution < 1.29 is 14.3 Å². The van der Waals surface area contributed by atoms with Crippen molar-refractivity contribution in [2.75, 3.05) is 19.5 Å². The molecule has 2 aromatic carbocycles. The van der Waals surface area contributed by atoms with Crippen LogP contribution in [0.4, 0.5) is 5.69 Å². The summed E-state index contributed by atoms with van der Waals surface area (Å²) in [6.07, 6.45) is -0.969. The molecule has 0 heterocycles. The van der Waals surface area contributed by atoms with Crippen molar-refractivity contribution in [3.63, 3.8) is 0 Å². The van der Waals surface area contributed by atoms with Crippen LogP contribution in [-0.2, 0) is 0 Å². The van der Waals surface area contributed by atoms with Gasteiger partial charge in [-0.05, 0) is 36.4 Å². The summed E-state index contributed by atoms with van der Waals surface area (Å²) >= 11 is 18.0. The molecule has 0 aliphatic rings. The molecule has 25 heavy (non-hydrogen) atoms. The van der Waals surface area contributed by atoms with Crippen molar-refractivity contribution in [3.05, 3.63) is 54.1 Å². The molecule has 1 unspecified atom stereocenters. The first-order valence-electron chi connectivity index (χ1n) is 7.26. The lowest BCUT2D eigenvalue weighted by Gasteiger charge is -2.27. The van der Waals surface area contributed by atoms with Crippen LogP contribution in [-0.4, -0.2) is 30.1 Å². The Kier molecular flexibility index (Phi) is 6.64. The average Bonchev–Trinajstić information content (AvgIpc) is 2.60. The molecule has 0 bridgehead atoms. The first-order chi connectivity index (χ1) is 11.8. The third kappa shape index (κ3) is 5.33. The number of anilines is 1. The van der Waals surface area contributed by atoms with Crippen LogP contribution in [0.2, 0.25) is 0 Å². The zero-order valence-electron chi connectivity index (χ0n) is 13.6. The number of hydrogen-bond donors (Lipinski definition) is 2. The summed E-state index contributed by atoms with van der Waals surface area (Å²) < 4.78 is 8.50. The fourth-order valence-corrected chi connectivity index (χ4v) is 2.42. The van der Waals surface area contributed by atoms with Crippen molar-refractivity contribution in [2.24, 2.45) is 0 Å². The van der Waals surface area contributed by atoms with E-state index in [2.05, 4.69) is 10.6 Å². The van der Waals surface area contributed by atoms with Gasteiger partial charge in [0.25, 0.3) is 5.91 Å². The fourth-order valence-electron chi connectivity index (χ4n) is 2.09. The number of benzene rings is 2. The maximum absolute atomic E-state index is 12.5. The molecule has 5 nitrogen and oxygen atoms in total. The van der Waals surface area contributed by atoms with E-state index in [0.717, 1.165) is 0 Å². The van der Waals surface area contributed by atoms with Gasteiger partial charge in [0.15, 0.2) is 0 Å². The van der Waals surface area contributed by atoms with E-state index in [9.17, 15) is 4.79 Å². The quantitative estimate of drug-likeness (QED) is 0.559. The molecule has 2 N–H and O–H groups in total. The van der Waals surface area contributed by atoms with E-state index in [1.165, 1.54) is 7.11 Å². The molecular weight excluding hydrogens is 387 g/mol. The van der Waals surface area contributed by atoms with E-state index in [1.54, 1.807) is 55.6 Å². The number of amides is 1. The number of methoxy groups -OCH3 is 2. The molecule has 1 atom stereocenters. The Bertz CT molecular complexity index is 718. The monoisotopic (exact) mass is 402 g/mol. The molecule has 2 aromatic rings. The van der Waals surface area contributed by atoms with Gasteiger partial charge < -0.3 is 20.1 Å². The van der Waals surface area contributed by atoms with Crippen LogP contribution < -0.4 is 20.1 Å². The molecule has 0 aromatic heterocycles. The maximum atomic E-state index is 12.5. The summed E-state index contributed by atoms with van der Waals surface area (Å²) in [5, 5.41) is 5.65. The molecular formula is C17H17Cl3N2O3. The average molecular weight is 404 g/mol. The second kappa shape index (κ2) is 8.52. The third-order valence-corrected chi connectivity index (χ3v) is 4.01. The van der Waals surface area contributed by atoms with Crippen molar-refractivity contribution >= 4 is 46.4 Å². The van der Waals surface area contributed by atoms with Gasteiger partial charge in [0.05, 0.1) is 19.8 Å². The Hall–Kier alpha value is -1.82. The number of carbonyl (C=O) groups is 1. The van der Waals surface area contributed by atoms with Crippen molar-refractivity contribution in [1.82, 2.24) is 5.32 Å². The highest BCUT2D eigenvalue weighted by Gasteiger charge is 2.34. The minimum atomic E-state index is -1.78. The highest BCUT2D eigenvalue weighted by atomic mass is 35.6. The van der Waals surface area contributed by atoms with E-state index in [1.807, 2.05) is 0 Å². The largest absolute Gasteiger partial charge is 0.497 e. The number of carbonyl (C=O) groups excluding carboxylic acids is 1. The predicted molar refractivity (Wildman–Crippen MR) is 101 cm³/mol. The maximum Gasteiger partial charge on any atom is 0.256 e. The number of nitrogens with one attached hydrogen (secondary N) is 2. The first-order valence-corrected chi connectivity index (χ1v) is 8.39. The standard InChI is InChI=1S/C17H17Cl3N2O3/c1-24-12-9-7-11(8-10-12)21-16(17(18,19)20)22-15(23)13-5-3-4-6-14(13)25-2/h3-10,16,21H,1-2H3,(H,22,23). The topological polar surface area (TPSA) is 59.6 Å². The molecule has 0 saturated heterocycles. The molecule has 0 aliphatic heterocycles. The van der Waals surface area contributed by atoms with Gasteiger partial charge in [-0.2, -0.15) is 0 Å². The van der Waals surface area contributed by atoms with Crippen molar-refractivity contribution in [1.29, 1.82) is 0 Å². The predicted octanol–water partition coefficient (Wildman–Crippen LogP) is 4.24. The van der Waals surface area contributed by atoms with Crippen LogP contribution in [0.15, 0.2) is 48.5 Å². The highest BCUT2D eigenvalue weighted by molar-refractivity contribution is 6.68. The zero-order chi connectivity index (χ0) is 18.4. The van der Waals surface area contributed by atoms with Crippen LogP contribution in [0.5, 0.6) is 11.5 Å². The summed E-state index contributed by atoms with van der Waals surface area (Å²) in [5.41, 5.74) is 0.984. The van der Waals surface area contributed by atoms with Gasteiger partial charge in [0.2, 0.25) is 3.79 Å².